The van der Waals surface area contributed by atoms with Crippen LogP contribution in [0.5, 0.6) is 0 Å². The lowest BCUT2D eigenvalue weighted by Crippen LogP contribution is -2.18. The van der Waals surface area contributed by atoms with Crippen LogP contribution in [0.2, 0.25) is 0 Å². The Morgan fingerprint density at radius 1 is 1.24 bits per heavy atom. The van der Waals surface area contributed by atoms with E-state index in [1.807, 2.05) is 0 Å². The van der Waals surface area contributed by atoms with Crippen molar-refractivity contribution in [2.75, 3.05) is 10.5 Å². The minimum Gasteiger partial charge on any atom is -0.283 e. The first-order chi connectivity index (χ1) is 7.67. The Hall–Kier alpha value is -1.12. The molecular weight excluding hydrogens is 264 g/mol. The van der Waals surface area contributed by atoms with Crippen LogP contribution in [0.1, 0.15) is 12.5 Å². The number of hydrogen-bond donors (Lipinski definition) is 2. The van der Waals surface area contributed by atoms with E-state index in [2.05, 4.69) is 4.72 Å². The fraction of sp³-hybridized carbons (Fsp3) is 0.333. The summed E-state index contributed by atoms with van der Waals surface area (Å²) in [6, 6.07) is 4.24. The standard InChI is InChI=1S/C9H14N2O4S2/c1-3-16(12,13)11-8-5-4-6-9(7(8)2)17(10,14)15/h4-6,11H,3H2,1-2H3,(H2,10,14,15). The Morgan fingerprint density at radius 2 is 1.82 bits per heavy atom. The molecule has 8 heteroatoms. The highest BCUT2D eigenvalue weighted by molar-refractivity contribution is 7.92. The molecule has 0 heterocycles. The van der Waals surface area contributed by atoms with Crippen molar-refractivity contribution >= 4 is 25.7 Å². The second kappa shape index (κ2) is 4.63. The van der Waals surface area contributed by atoms with E-state index in [9.17, 15) is 16.8 Å². The zero-order chi connectivity index (χ0) is 13.3. The highest BCUT2D eigenvalue weighted by Gasteiger charge is 2.16. The third kappa shape index (κ3) is 3.42. The van der Waals surface area contributed by atoms with Crippen molar-refractivity contribution in [3.05, 3.63) is 23.8 Å². The Balaban J connectivity index is 3.31. The Labute approximate surface area is 101 Å². The summed E-state index contributed by atoms with van der Waals surface area (Å²) in [5, 5.41) is 5.02. The van der Waals surface area contributed by atoms with Gasteiger partial charge in [-0.15, -0.1) is 0 Å². The van der Waals surface area contributed by atoms with Gasteiger partial charge in [-0.05, 0) is 31.5 Å². The van der Waals surface area contributed by atoms with Gasteiger partial charge in [0.2, 0.25) is 20.0 Å². The van der Waals surface area contributed by atoms with Crippen molar-refractivity contribution in [1.29, 1.82) is 0 Å². The Bertz CT molecular complexity index is 620. The first-order valence-electron chi connectivity index (χ1n) is 4.80. The predicted molar refractivity (Wildman–Crippen MR) is 65.6 cm³/mol. The van der Waals surface area contributed by atoms with E-state index in [-0.39, 0.29) is 21.9 Å². The van der Waals surface area contributed by atoms with Crippen molar-refractivity contribution in [2.24, 2.45) is 5.14 Å². The minimum atomic E-state index is -3.85. The number of sulfonamides is 2. The Kier molecular flexibility index (Phi) is 3.80. The predicted octanol–water partition coefficient (Wildman–Crippen LogP) is 0.404. The summed E-state index contributed by atoms with van der Waals surface area (Å²) in [5.74, 6) is -0.0912. The van der Waals surface area contributed by atoms with Crippen molar-refractivity contribution in [1.82, 2.24) is 0 Å². The van der Waals surface area contributed by atoms with Gasteiger partial charge in [-0.1, -0.05) is 6.07 Å². The molecule has 0 amide bonds. The van der Waals surface area contributed by atoms with E-state index in [1.165, 1.54) is 32.0 Å². The van der Waals surface area contributed by atoms with E-state index < -0.39 is 20.0 Å². The lowest BCUT2D eigenvalue weighted by atomic mass is 10.2. The zero-order valence-electron chi connectivity index (χ0n) is 9.47. The van der Waals surface area contributed by atoms with E-state index in [1.54, 1.807) is 0 Å². The fourth-order valence-electron chi connectivity index (χ4n) is 1.27. The molecule has 0 bridgehead atoms. The molecule has 17 heavy (non-hydrogen) atoms. The molecule has 0 fully saturated rings. The van der Waals surface area contributed by atoms with Crippen molar-refractivity contribution in [3.8, 4) is 0 Å². The van der Waals surface area contributed by atoms with E-state index in [0.717, 1.165) is 0 Å². The van der Waals surface area contributed by atoms with Gasteiger partial charge in [-0.25, -0.2) is 22.0 Å². The van der Waals surface area contributed by atoms with Crippen LogP contribution in [0, 0.1) is 6.92 Å². The number of primary sulfonamides is 1. The van der Waals surface area contributed by atoms with Crippen LogP contribution >= 0.6 is 0 Å². The quantitative estimate of drug-likeness (QED) is 0.831. The van der Waals surface area contributed by atoms with Crippen LogP contribution in [0.3, 0.4) is 0 Å². The summed E-state index contributed by atoms with van der Waals surface area (Å²) in [6.07, 6.45) is 0. The first-order valence-corrected chi connectivity index (χ1v) is 8.00. The van der Waals surface area contributed by atoms with Gasteiger partial charge in [-0.3, -0.25) is 4.72 Å². The van der Waals surface area contributed by atoms with Gasteiger partial charge < -0.3 is 0 Å². The minimum absolute atomic E-state index is 0.0891. The summed E-state index contributed by atoms with van der Waals surface area (Å²) in [4.78, 5) is -0.0891. The van der Waals surface area contributed by atoms with Crippen molar-refractivity contribution < 1.29 is 16.8 Å². The fourth-order valence-corrected chi connectivity index (χ4v) is 2.78. The summed E-state index contributed by atoms with van der Waals surface area (Å²) in [6.45, 7) is 2.98. The molecule has 0 atom stereocenters. The highest BCUT2D eigenvalue weighted by atomic mass is 32.2. The van der Waals surface area contributed by atoms with Gasteiger partial charge in [0.05, 0.1) is 16.3 Å². The number of nitrogens with two attached hydrogens (primary N) is 1. The SMILES string of the molecule is CCS(=O)(=O)Nc1cccc(S(N)(=O)=O)c1C. The monoisotopic (exact) mass is 278 g/mol. The molecule has 1 aromatic carbocycles. The van der Waals surface area contributed by atoms with Gasteiger partial charge in [0.15, 0.2) is 0 Å². The van der Waals surface area contributed by atoms with Crippen molar-refractivity contribution in [3.63, 3.8) is 0 Å². The smallest absolute Gasteiger partial charge is 0.238 e. The summed E-state index contributed by atoms with van der Waals surface area (Å²) < 4.78 is 47.6. The van der Waals surface area contributed by atoms with Gasteiger partial charge in [0.25, 0.3) is 0 Å². The first kappa shape index (κ1) is 13.9. The average molecular weight is 278 g/mol. The molecule has 0 saturated heterocycles. The van der Waals surface area contributed by atoms with Crippen LogP contribution in [0.15, 0.2) is 23.1 Å². The van der Waals surface area contributed by atoms with Crippen LogP contribution in [-0.4, -0.2) is 22.6 Å². The van der Waals surface area contributed by atoms with Crippen LogP contribution < -0.4 is 9.86 Å². The Morgan fingerprint density at radius 3 is 2.29 bits per heavy atom. The summed E-state index contributed by atoms with van der Waals surface area (Å²) >= 11 is 0. The maximum atomic E-state index is 11.4. The number of rotatable bonds is 4. The molecule has 96 valence electrons. The molecule has 3 N–H and O–H groups in total. The van der Waals surface area contributed by atoms with Gasteiger partial charge in [-0.2, -0.15) is 0 Å². The number of anilines is 1. The maximum Gasteiger partial charge on any atom is 0.238 e. The van der Waals surface area contributed by atoms with Gasteiger partial charge >= 0.3 is 0 Å². The zero-order valence-corrected chi connectivity index (χ0v) is 11.1. The molecule has 0 aromatic heterocycles. The normalized spacial score (nSPS) is 12.4. The molecule has 0 radical (unpaired) electrons. The van der Waals surface area contributed by atoms with E-state index in [4.69, 9.17) is 5.14 Å². The molecule has 0 aliphatic heterocycles. The second-order valence-corrected chi connectivity index (χ2v) is 7.02. The van der Waals surface area contributed by atoms with Crippen molar-refractivity contribution in [2.45, 2.75) is 18.7 Å². The molecule has 0 aliphatic rings. The number of nitrogens with one attached hydrogen (secondary N) is 1. The third-order valence-corrected chi connectivity index (χ3v) is 4.58. The maximum absolute atomic E-state index is 11.4. The molecule has 1 rings (SSSR count). The van der Waals surface area contributed by atoms with Crippen LogP contribution in [-0.2, 0) is 20.0 Å². The molecule has 0 saturated carbocycles. The molecule has 1 aromatic rings. The molecule has 0 unspecified atom stereocenters. The van der Waals surface area contributed by atoms with Gasteiger partial charge in [0, 0.05) is 0 Å². The average Bonchev–Trinajstić information content (AvgIpc) is 2.19. The van der Waals surface area contributed by atoms with E-state index >= 15 is 0 Å². The van der Waals surface area contributed by atoms with Crippen LogP contribution in [0.4, 0.5) is 5.69 Å². The molecule has 6 nitrogen and oxygen atoms in total. The molecular formula is C9H14N2O4S2. The van der Waals surface area contributed by atoms with Crippen LogP contribution in [0.25, 0.3) is 0 Å². The molecule has 0 aliphatic carbocycles. The lowest BCUT2D eigenvalue weighted by molar-refractivity contribution is 0.596. The number of hydrogen-bond acceptors (Lipinski definition) is 4. The molecule has 0 spiro atoms. The van der Waals surface area contributed by atoms with Gasteiger partial charge in [0.1, 0.15) is 0 Å². The topological polar surface area (TPSA) is 106 Å². The third-order valence-electron chi connectivity index (χ3n) is 2.24. The summed E-state index contributed by atoms with van der Waals surface area (Å²) in [5.41, 5.74) is 0.505. The number of benzene rings is 1. The second-order valence-electron chi connectivity index (χ2n) is 3.48. The summed E-state index contributed by atoms with van der Waals surface area (Å²) in [7, 11) is -7.30. The van der Waals surface area contributed by atoms with E-state index in [0.29, 0.717) is 0 Å². The lowest BCUT2D eigenvalue weighted by Gasteiger charge is -2.11. The highest BCUT2D eigenvalue weighted by Crippen LogP contribution is 2.22. The largest absolute Gasteiger partial charge is 0.283 e.